The third kappa shape index (κ3) is 6.35. The Morgan fingerprint density at radius 3 is 2.35 bits per heavy atom. The van der Waals surface area contributed by atoms with Crippen LogP contribution in [0.25, 0.3) is 0 Å². The molecule has 0 aromatic heterocycles. The number of ether oxygens (including phenoxy) is 1. The van der Waals surface area contributed by atoms with Crippen molar-refractivity contribution >= 4 is 23.2 Å². The first kappa shape index (κ1) is 26.8. The van der Waals surface area contributed by atoms with E-state index in [4.69, 9.17) is 4.74 Å². The zero-order chi connectivity index (χ0) is 26.6. The van der Waals surface area contributed by atoms with Gasteiger partial charge in [0.15, 0.2) is 0 Å². The van der Waals surface area contributed by atoms with Crippen LogP contribution in [0.5, 0.6) is 0 Å². The van der Waals surface area contributed by atoms with E-state index < -0.39 is 22.6 Å². The first-order chi connectivity index (χ1) is 17.7. The summed E-state index contributed by atoms with van der Waals surface area (Å²) in [6.07, 6.45) is -3.42. The van der Waals surface area contributed by atoms with E-state index in [1.165, 1.54) is 12.1 Å². The highest BCUT2D eigenvalue weighted by Gasteiger charge is 2.31. The van der Waals surface area contributed by atoms with Gasteiger partial charge in [-0.05, 0) is 38.0 Å². The molecule has 2 fully saturated rings. The Bertz CT molecular complexity index is 1150. The Morgan fingerprint density at radius 2 is 1.70 bits per heavy atom. The van der Waals surface area contributed by atoms with Gasteiger partial charge in [0, 0.05) is 64.1 Å². The van der Waals surface area contributed by atoms with Crippen molar-refractivity contribution in [2.45, 2.75) is 32.0 Å². The number of likely N-dealkylation sites (tertiary alicyclic amines) is 1. The molecule has 0 radical (unpaired) electrons. The van der Waals surface area contributed by atoms with Crippen molar-refractivity contribution in [3.63, 3.8) is 0 Å². The quantitative estimate of drug-likeness (QED) is 0.510. The maximum Gasteiger partial charge on any atom is 0.416 e. The van der Waals surface area contributed by atoms with Crippen LogP contribution in [0.1, 0.15) is 25.3 Å². The average Bonchev–Trinajstić information content (AvgIpc) is 2.90. The fourth-order valence-electron chi connectivity index (χ4n) is 4.77. The van der Waals surface area contributed by atoms with Gasteiger partial charge in [-0.2, -0.15) is 13.2 Å². The minimum Gasteiger partial charge on any atom is -0.450 e. The van der Waals surface area contributed by atoms with Crippen LogP contribution in [0.4, 0.5) is 35.0 Å². The van der Waals surface area contributed by atoms with E-state index in [2.05, 4.69) is 15.5 Å². The molecule has 2 aliphatic heterocycles. The molecule has 202 valence electrons. The number of anilines is 3. The fraction of sp³-hybridized carbons (Fsp3) is 0.560. The predicted octanol–water partition coefficient (Wildman–Crippen LogP) is 2.57. The predicted molar refractivity (Wildman–Crippen MR) is 135 cm³/mol. The lowest BCUT2D eigenvalue weighted by molar-refractivity contribution is -0.137. The number of hydrogen-bond acceptors (Lipinski definition) is 8. The highest BCUT2D eigenvalue weighted by Crippen LogP contribution is 2.32. The molecule has 12 heteroatoms. The molecule has 0 aliphatic carbocycles. The van der Waals surface area contributed by atoms with E-state index >= 15 is 0 Å². The normalized spacial score (nSPS) is 17.7. The second-order valence-corrected chi connectivity index (χ2v) is 9.32. The number of piperazine rings is 1. The summed E-state index contributed by atoms with van der Waals surface area (Å²) in [4.78, 5) is 41.9. The second-order valence-electron chi connectivity index (χ2n) is 9.32. The van der Waals surface area contributed by atoms with Crippen molar-refractivity contribution in [2.75, 3.05) is 74.5 Å². The Morgan fingerprint density at radius 1 is 1.03 bits per heavy atom. The van der Waals surface area contributed by atoms with Gasteiger partial charge in [0.1, 0.15) is 11.4 Å². The van der Waals surface area contributed by atoms with Crippen molar-refractivity contribution in [2.24, 2.45) is 0 Å². The smallest absolute Gasteiger partial charge is 0.416 e. The van der Waals surface area contributed by atoms with E-state index in [1.54, 1.807) is 17.9 Å². The number of hydrogen-bond donors (Lipinski definition) is 2. The number of alkyl halides is 3. The van der Waals surface area contributed by atoms with Crippen molar-refractivity contribution in [1.29, 1.82) is 0 Å². The molecule has 4 rings (SSSR count). The zero-order valence-electron chi connectivity index (χ0n) is 20.8. The van der Waals surface area contributed by atoms with Gasteiger partial charge < -0.3 is 25.2 Å². The number of carbonyl (C=O) groups excluding carboxylic acids is 1. The summed E-state index contributed by atoms with van der Waals surface area (Å²) < 4.78 is 44.1. The van der Waals surface area contributed by atoms with Crippen LogP contribution in [0.3, 0.4) is 0 Å². The minimum atomic E-state index is -4.37. The molecule has 1 amide bonds. The highest BCUT2D eigenvalue weighted by molar-refractivity contribution is 5.74. The van der Waals surface area contributed by atoms with Gasteiger partial charge in [-0.1, -0.05) is 6.07 Å². The van der Waals surface area contributed by atoms with Gasteiger partial charge in [0.2, 0.25) is 0 Å². The monoisotopic (exact) mass is 523 g/mol. The summed E-state index contributed by atoms with van der Waals surface area (Å²) in [5.41, 5.74) is -0.584. The maximum atomic E-state index is 13.0. The Balaban J connectivity index is 1.22. The lowest BCUT2D eigenvalue weighted by Crippen LogP contribution is -2.48. The van der Waals surface area contributed by atoms with Crippen molar-refractivity contribution in [3.05, 3.63) is 50.3 Å². The summed E-state index contributed by atoms with van der Waals surface area (Å²) in [5.74, 6) is 0. The topological polar surface area (TPSA) is 94.2 Å². The Hall–Kier alpha value is -3.28. The molecule has 2 aliphatic rings. The van der Waals surface area contributed by atoms with Gasteiger partial charge in [-0.15, -0.1) is 0 Å². The van der Waals surface area contributed by atoms with Gasteiger partial charge in [-0.25, -0.2) is 4.79 Å². The number of nitrogens with zero attached hydrogens (tertiary/aromatic N) is 3. The number of amides is 1. The van der Waals surface area contributed by atoms with E-state index in [0.717, 1.165) is 6.07 Å². The molecule has 2 aromatic rings. The third-order valence-electron chi connectivity index (χ3n) is 6.92. The largest absolute Gasteiger partial charge is 0.450 e. The van der Waals surface area contributed by atoms with Crippen LogP contribution >= 0.6 is 0 Å². The van der Waals surface area contributed by atoms with E-state index in [-0.39, 0.29) is 12.1 Å². The molecule has 2 heterocycles. The van der Waals surface area contributed by atoms with E-state index in [1.807, 2.05) is 4.90 Å². The van der Waals surface area contributed by atoms with Crippen molar-refractivity contribution in [1.82, 2.24) is 9.80 Å². The van der Waals surface area contributed by atoms with Gasteiger partial charge in [0.25, 0.3) is 10.9 Å². The molecule has 9 nitrogen and oxygen atoms in total. The standard InChI is InChI=1S/C25H32F3N5O4/c1-2-37-24(36)33-9-6-18(7-10-33)30-21-20(22(34)23(21)35)29-8-11-31-12-14-32(15-13-31)19-5-3-4-17(16-19)25(26,27)28/h3-5,16,18,29-30H,2,6-15H2,1H3. The molecule has 0 atom stereocenters. The van der Waals surface area contributed by atoms with Crippen molar-refractivity contribution < 1.29 is 22.7 Å². The lowest BCUT2D eigenvalue weighted by atomic mass is 10.0. The number of nitrogens with one attached hydrogen (secondary N) is 2. The molecule has 2 aromatic carbocycles. The summed E-state index contributed by atoms with van der Waals surface area (Å²) in [7, 11) is 0. The summed E-state index contributed by atoms with van der Waals surface area (Å²) >= 11 is 0. The van der Waals surface area contributed by atoms with Crippen LogP contribution < -0.4 is 26.4 Å². The Kier molecular flexibility index (Phi) is 8.25. The average molecular weight is 524 g/mol. The van der Waals surface area contributed by atoms with Crippen LogP contribution in [0, 0.1) is 0 Å². The third-order valence-corrected chi connectivity index (χ3v) is 6.92. The first-order valence-electron chi connectivity index (χ1n) is 12.6. The molecule has 0 bridgehead atoms. The second kappa shape index (κ2) is 11.4. The van der Waals surface area contributed by atoms with E-state index in [9.17, 15) is 27.6 Å². The molecular formula is C25H32F3N5O4. The lowest BCUT2D eigenvalue weighted by Gasteiger charge is -2.36. The number of halogens is 3. The maximum absolute atomic E-state index is 13.0. The number of benzene rings is 1. The molecule has 0 unspecified atom stereocenters. The molecule has 0 spiro atoms. The molecule has 37 heavy (non-hydrogen) atoms. The Labute approximate surface area is 212 Å². The van der Waals surface area contributed by atoms with Gasteiger partial charge in [-0.3, -0.25) is 14.5 Å². The van der Waals surface area contributed by atoms with Crippen LogP contribution in [-0.4, -0.2) is 80.9 Å². The van der Waals surface area contributed by atoms with E-state index in [0.29, 0.717) is 88.9 Å². The molecular weight excluding hydrogens is 491 g/mol. The summed E-state index contributed by atoms with van der Waals surface area (Å²) in [5, 5.41) is 6.25. The summed E-state index contributed by atoms with van der Waals surface area (Å²) in [6.45, 7) is 6.74. The first-order valence-corrected chi connectivity index (χ1v) is 12.6. The van der Waals surface area contributed by atoms with Crippen LogP contribution in [-0.2, 0) is 10.9 Å². The number of carbonyl (C=O) groups is 1. The van der Waals surface area contributed by atoms with Gasteiger partial charge >= 0.3 is 12.3 Å². The fourth-order valence-corrected chi connectivity index (χ4v) is 4.77. The molecule has 2 saturated heterocycles. The SMILES string of the molecule is CCOC(=O)N1CCC(Nc2c(NCCN3CCN(c4cccc(C(F)(F)F)c4)CC3)c(=O)c2=O)CC1. The van der Waals surface area contributed by atoms with Gasteiger partial charge in [0.05, 0.1) is 12.2 Å². The molecule has 0 saturated carbocycles. The highest BCUT2D eigenvalue weighted by atomic mass is 19.4. The molecule has 2 N–H and O–H groups in total. The minimum absolute atomic E-state index is 0.0153. The number of piperidine rings is 1. The van der Waals surface area contributed by atoms with Crippen LogP contribution in [0.15, 0.2) is 33.9 Å². The van der Waals surface area contributed by atoms with Crippen LogP contribution in [0.2, 0.25) is 0 Å². The van der Waals surface area contributed by atoms with Crippen molar-refractivity contribution in [3.8, 4) is 0 Å². The zero-order valence-corrected chi connectivity index (χ0v) is 20.8. The number of rotatable bonds is 8. The summed E-state index contributed by atoms with van der Waals surface area (Å²) in [6, 6.07) is 5.35.